The Balaban J connectivity index is 3.04. The molecular formula is C11H10ClF3. The number of halogens is 4. The number of allylic oxidation sites excluding steroid dienone is 1. The van der Waals surface area contributed by atoms with Gasteiger partial charge in [0.25, 0.3) is 0 Å². The Morgan fingerprint density at radius 3 is 2.60 bits per heavy atom. The SMILES string of the molecule is CC(=Cc1cccc(C(F)(F)F)c1)CCl. The summed E-state index contributed by atoms with van der Waals surface area (Å²) in [4.78, 5) is 0. The average Bonchev–Trinajstić information content (AvgIpc) is 2.17. The van der Waals surface area contributed by atoms with Gasteiger partial charge in [-0.15, -0.1) is 11.6 Å². The lowest BCUT2D eigenvalue weighted by molar-refractivity contribution is -0.137. The lowest BCUT2D eigenvalue weighted by Crippen LogP contribution is -2.04. The topological polar surface area (TPSA) is 0 Å². The first-order valence-electron chi connectivity index (χ1n) is 4.34. The lowest BCUT2D eigenvalue weighted by atomic mass is 10.1. The third-order valence-corrected chi connectivity index (χ3v) is 2.26. The number of alkyl halides is 4. The van der Waals surface area contributed by atoms with Gasteiger partial charge < -0.3 is 0 Å². The maximum atomic E-state index is 12.3. The van der Waals surface area contributed by atoms with Crippen LogP contribution in [-0.2, 0) is 6.18 Å². The summed E-state index contributed by atoms with van der Waals surface area (Å²) in [6.45, 7) is 1.77. The van der Waals surface area contributed by atoms with Crippen LogP contribution < -0.4 is 0 Å². The minimum absolute atomic E-state index is 0.316. The number of hydrogen-bond donors (Lipinski definition) is 0. The van der Waals surface area contributed by atoms with E-state index in [0.717, 1.165) is 17.7 Å². The van der Waals surface area contributed by atoms with E-state index in [2.05, 4.69) is 0 Å². The van der Waals surface area contributed by atoms with Crippen molar-refractivity contribution in [2.24, 2.45) is 0 Å². The summed E-state index contributed by atoms with van der Waals surface area (Å²) in [5.41, 5.74) is 0.706. The largest absolute Gasteiger partial charge is 0.416 e. The lowest BCUT2D eigenvalue weighted by Gasteiger charge is -2.07. The summed E-state index contributed by atoms with van der Waals surface area (Å²) in [6, 6.07) is 5.16. The summed E-state index contributed by atoms with van der Waals surface area (Å²) >= 11 is 5.54. The van der Waals surface area contributed by atoms with Gasteiger partial charge in [0.2, 0.25) is 0 Å². The molecule has 0 saturated heterocycles. The maximum Gasteiger partial charge on any atom is 0.416 e. The van der Waals surface area contributed by atoms with Crippen LogP contribution in [0.1, 0.15) is 18.1 Å². The molecule has 1 aromatic carbocycles. The zero-order valence-corrected chi connectivity index (χ0v) is 8.86. The predicted octanol–water partition coefficient (Wildman–Crippen LogP) is 4.35. The number of benzene rings is 1. The molecule has 0 spiro atoms. The Bertz CT molecular complexity index is 366. The second-order valence-electron chi connectivity index (χ2n) is 3.25. The minimum atomic E-state index is -4.29. The first kappa shape index (κ1) is 12.1. The molecule has 0 aliphatic rings. The van der Waals surface area contributed by atoms with Crippen LogP contribution in [0.5, 0.6) is 0 Å². The molecule has 0 nitrogen and oxygen atoms in total. The number of rotatable bonds is 2. The number of hydrogen-bond acceptors (Lipinski definition) is 0. The molecule has 1 rings (SSSR count). The molecule has 15 heavy (non-hydrogen) atoms. The summed E-state index contributed by atoms with van der Waals surface area (Å²) in [5, 5.41) is 0. The highest BCUT2D eigenvalue weighted by atomic mass is 35.5. The quantitative estimate of drug-likeness (QED) is 0.668. The minimum Gasteiger partial charge on any atom is -0.166 e. The van der Waals surface area contributed by atoms with Crippen molar-refractivity contribution in [3.8, 4) is 0 Å². The third kappa shape index (κ3) is 3.59. The monoisotopic (exact) mass is 234 g/mol. The highest BCUT2D eigenvalue weighted by Crippen LogP contribution is 2.29. The predicted molar refractivity (Wildman–Crippen MR) is 55.8 cm³/mol. The molecule has 1 aromatic rings. The van der Waals surface area contributed by atoms with E-state index in [1.165, 1.54) is 6.07 Å². The van der Waals surface area contributed by atoms with E-state index in [1.807, 2.05) is 0 Å². The summed E-state index contributed by atoms with van der Waals surface area (Å²) in [5.74, 6) is 0.316. The smallest absolute Gasteiger partial charge is 0.166 e. The zero-order chi connectivity index (χ0) is 11.5. The van der Waals surface area contributed by atoms with Crippen LogP contribution in [0.2, 0.25) is 0 Å². The summed E-state index contributed by atoms with van der Waals surface area (Å²) < 4.78 is 37.0. The van der Waals surface area contributed by atoms with Crippen molar-refractivity contribution in [2.45, 2.75) is 13.1 Å². The van der Waals surface area contributed by atoms with Gasteiger partial charge in [0.05, 0.1) is 5.56 Å². The molecule has 0 amide bonds. The molecule has 0 heterocycles. The molecule has 0 aliphatic carbocycles. The molecule has 82 valence electrons. The van der Waals surface area contributed by atoms with Gasteiger partial charge >= 0.3 is 6.18 Å². The molecule has 0 N–H and O–H groups in total. The Kier molecular flexibility index (Phi) is 3.80. The molecule has 4 heteroatoms. The second kappa shape index (κ2) is 4.71. The van der Waals surface area contributed by atoms with Crippen molar-refractivity contribution < 1.29 is 13.2 Å². The first-order chi connectivity index (χ1) is 6.93. The van der Waals surface area contributed by atoms with Gasteiger partial charge in [-0.2, -0.15) is 13.2 Å². The fourth-order valence-corrected chi connectivity index (χ4v) is 1.21. The molecular weight excluding hydrogens is 225 g/mol. The van der Waals surface area contributed by atoms with E-state index < -0.39 is 11.7 Å². The van der Waals surface area contributed by atoms with Gasteiger partial charge in [-0.25, -0.2) is 0 Å². The van der Waals surface area contributed by atoms with Gasteiger partial charge in [-0.1, -0.05) is 23.8 Å². The molecule has 0 atom stereocenters. The van der Waals surface area contributed by atoms with Crippen LogP contribution in [0.15, 0.2) is 29.8 Å². The van der Waals surface area contributed by atoms with E-state index >= 15 is 0 Å². The van der Waals surface area contributed by atoms with Crippen LogP contribution in [0.4, 0.5) is 13.2 Å². The second-order valence-corrected chi connectivity index (χ2v) is 3.51. The normalized spacial score (nSPS) is 13.0. The highest BCUT2D eigenvalue weighted by molar-refractivity contribution is 6.19. The van der Waals surface area contributed by atoms with Gasteiger partial charge in [0.1, 0.15) is 0 Å². The molecule has 0 radical (unpaired) electrons. The molecule has 0 bridgehead atoms. The van der Waals surface area contributed by atoms with Crippen LogP contribution in [-0.4, -0.2) is 5.88 Å². The van der Waals surface area contributed by atoms with E-state index in [0.29, 0.717) is 11.4 Å². The van der Waals surface area contributed by atoms with Crippen LogP contribution >= 0.6 is 11.6 Å². The van der Waals surface area contributed by atoms with E-state index in [1.54, 1.807) is 19.1 Å². The Morgan fingerprint density at radius 1 is 1.40 bits per heavy atom. The van der Waals surface area contributed by atoms with Gasteiger partial charge in [-0.3, -0.25) is 0 Å². The van der Waals surface area contributed by atoms with Crippen LogP contribution in [0, 0.1) is 0 Å². The van der Waals surface area contributed by atoms with Crippen molar-refractivity contribution >= 4 is 17.7 Å². The average molecular weight is 235 g/mol. The van der Waals surface area contributed by atoms with Crippen molar-refractivity contribution in [2.75, 3.05) is 5.88 Å². The molecule has 0 unspecified atom stereocenters. The maximum absolute atomic E-state index is 12.3. The Hall–Kier alpha value is -0.960. The van der Waals surface area contributed by atoms with Crippen molar-refractivity contribution in [1.29, 1.82) is 0 Å². The van der Waals surface area contributed by atoms with Gasteiger partial charge in [0, 0.05) is 5.88 Å². The molecule has 0 saturated carbocycles. The summed E-state index contributed by atoms with van der Waals surface area (Å²) in [6.07, 6.45) is -2.65. The van der Waals surface area contributed by atoms with Gasteiger partial charge in [0.15, 0.2) is 0 Å². The van der Waals surface area contributed by atoms with Crippen LogP contribution in [0.25, 0.3) is 6.08 Å². The fourth-order valence-electron chi connectivity index (χ4n) is 1.13. The van der Waals surface area contributed by atoms with Crippen molar-refractivity contribution in [1.82, 2.24) is 0 Å². The highest BCUT2D eigenvalue weighted by Gasteiger charge is 2.30. The molecule has 0 aliphatic heterocycles. The van der Waals surface area contributed by atoms with E-state index in [4.69, 9.17) is 11.6 Å². The molecule has 0 fully saturated rings. The Morgan fingerprint density at radius 2 is 2.07 bits per heavy atom. The fraction of sp³-hybridized carbons (Fsp3) is 0.273. The van der Waals surface area contributed by atoms with E-state index in [-0.39, 0.29) is 0 Å². The standard InChI is InChI=1S/C11H10ClF3/c1-8(7-12)5-9-3-2-4-10(6-9)11(13,14)15/h2-6H,7H2,1H3. The van der Waals surface area contributed by atoms with Crippen molar-refractivity contribution in [3.63, 3.8) is 0 Å². The zero-order valence-electron chi connectivity index (χ0n) is 8.11. The van der Waals surface area contributed by atoms with Crippen molar-refractivity contribution in [3.05, 3.63) is 41.0 Å². The van der Waals surface area contributed by atoms with E-state index in [9.17, 15) is 13.2 Å². The van der Waals surface area contributed by atoms with Crippen LogP contribution in [0.3, 0.4) is 0 Å². The molecule has 0 aromatic heterocycles. The first-order valence-corrected chi connectivity index (χ1v) is 4.87. The van der Waals surface area contributed by atoms with Gasteiger partial charge in [-0.05, 0) is 24.6 Å². The summed E-state index contributed by atoms with van der Waals surface area (Å²) in [7, 11) is 0. The third-order valence-electron chi connectivity index (χ3n) is 1.84. The Labute approximate surface area is 91.4 Å².